The first-order valence-corrected chi connectivity index (χ1v) is 16.4. The fraction of sp³-hybridized carbons (Fsp3) is 0.857. The van der Waals surface area contributed by atoms with Crippen molar-refractivity contribution in [2.75, 3.05) is 17.3 Å². The number of hydrogen-bond acceptors (Lipinski definition) is 3. The number of thioether (sulfide) groups is 3. The van der Waals surface area contributed by atoms with Crippen LogP contribution in [-0.4, -0.2) is 17.3 Å². The highest BCUT2D eigenvalue weighted by molar-refractivity contribution is 8.06. The number of unbranched alkanes of at least 4 members (excludes halogenated alkanes) is 15. The summed E-state index contributed by atoms with van der Waals surface area (Å²) in [4.78, 5) is 1.31. The first-order chi connectivity index (χ1) is 15.3. The van der Waals surface area contributed by atoms with Crippen molar-refractivity contribution in [1.29, 1.82) is 0 Å². The predicted octanol–water partition coefficient (Wildman–Crippen LogP) is 11.1. The smallest absolute Gasteiger partial charge is 0.0645 e. The van der Waals surface area contributed by atoms with Crippen LogP contribution in [0.3, 0.4) is 0 Å². The van der Waals surface area contributed by atoms with E-state index in [2.05, 4.69) is 37.4 Å². The molecule has 0 unspecified atom stereocenters. The maximum Gasteiger partial charge on any atom is 0.0645 e. The second-order valence-corrected chi connectivity index (χ2v) is 11.6. The Morgan fingerprint density at radius 1 is 0.548 bits per heavy atom. The summed E-state index contributed by atoms with van der Waals surface area (Å²) in [5, 5.41) is 5.75. The Kier molecular flexibility index (Phi) is 28.7. The van der Waals surface area contributed by atoms with Gasteiger partial charge in [-0.1, -0.05) is 129 Å². The first kappa shape index (κ1) is 31.4. The van der Waals surface area contributed by atoms with E-state index >= 15 is 0 Å². The third-order valence-electron chi connectivity index (χ3n) is 5.41. The van der Waals surface area contributed by atoms with E-state index in [-0.39, 0.29) is 0 Å². The Hall–Kier alpha value is 0.350. The summed E-state index contributed by atoms with van der Waals surface area (Å²) in [6.45, 7) is 6.86. The van der Waals surface area contributed by atoms with Gasteiger partial charge in [-0.05, 0) is 47.3 Å². The van der Waals surface area contributed by atoms with Crippen LogP contribution < -0.4 is 0 Å². The largest absolute Gasteiger partial charge is 0.132 e. The molecular formula is C28H52S3. The third-order valence-corrected chi connectivity index (χ3v) is 8.25. The molecule has 0 bridgehead atoms. The molecule has 0 saturated heterocycles. The van der Waals surface area contributed by atoms with Gasteiger partial charge >= 0.3 is 0 Å². The van der Waals surface area contributed by atoms with Crippen molar-refractivity contribution < 1.29 is 0 Å². The van der Waals surface area contributed by atoms with Gasteiger partial charge in [0.05, 0.1) is 4.91 Å². The highest BCUT2D eigenvalue weighted by atomic mass is 32.2. The molecule has 0 aromatic rings. The summed E-state index contributed by atoms with van der Waals surface area (Å²) < 4.78 is 0. The lowest BCUT2D eigenvalue weighted by Gasteiger charge is -2.03. The topological polar surface area (TPSA) is 0 Å². The van der Waals surface area contributed by atoms with Crippen LogP contribution in [-0.2, 0) is 0 Å². The maximum atomic E-state index is 3.48. The van der Waals surface area contributed by atoms with E-state index in [0.29, 0.717) is 0 Å². The van der Waals surface area contributed by atoms with Crippen molar-refractivity contribution in [2.45, 2.75) is 136 Å². The zero-order chi connectivity index (χ0) is 22.7. The van der Waals surface area contributed by atoms with Crippen molar-refractivity contribution in [3.05, 3.63) is 10.3 Å². The van der Waals surface area contributed by atoms with Crippen molar-refractivity contribution in [2.24, 2.45) is 0 Å². The minimum absolute atomic E-state index is 1.19. The molecule has 0 radical (unpaired) electrons. The molecular weight excluding hydrogens is 433 g/mol. The average molecular weight is 485 g/mol. The first-order valence-electron chi connectivity index (χ1n) is 13.4. The zero-order valence-electron chi connectivity index (χ0n) is 21.2. The van der Waals surface area contributed by atoms with Crippen LogP contribution in [0.2, 0.25) is 0 Å². The molecule has 0 amide bonds. The van der Waals surface area contributed by atoms with E-state index in [1.165, 1.54) is 138 Å². The quantitative estimate of drug-likeness (QED) is 0.104. The van der Waals surface area contributed by atoms with Gasteiger partial charge in [-0.2, -0.15) is 0 Å². The molecule has 0 spiro atoms. The minimum Gasteiger partial charge on any atom is -0.132 e. The van der Waals surface area contributed by atoms with Gasteiger partial charge in [0.1, 0.15) is 0 Å². The molecule has 0 nitrogen and oxygen atoms in total. The summed E-state index contributed by atoms with van der Waals surface area (Å²) in [6.07, 6.45) is 24.8. The highest BCUT2D eigenvalue weighted by Crippen LogP contribution is 2.23. The van der Waals surface area contributed by atoms with Gasteiger partial charge in [0.25, 0.3) is 0 Å². The van der Waals surface area contributed by atoms with Crippen LogP contribution in [0.15, 0.2) is 10.3 Å². The van der Waals surface area contributed by atoms with Gasteiger partial charge in [-0.15, -0.1) is 23.5 Å². The van der Waals surface area contributed by atoms with Gasteiger partial charge in [0.2, 0.25) is 0 Å². The Morgan fingerprint density at radius 2 is 1.00 bits per heavy atom. The predicted molar refractivity (Wildman–Crippen MR) is 153 cm³/mol. The van der Waals surface area contributed by atoms with E-state index in [1.54, 1.807) is 0 Å². The normalized spacial score (nSPS) is 11.5. The second kappa shape index (κ2) is 28.4. The van der Waals surface area contributed by atoms with Gasteiger partial charge in [0, 0.05) is 5.75 Å². The number of rotatable bonds is 23. The highest BCUT2D eigenvalue weighted by Gasteiger charge is 1.98. The molecule has 0 aromatic heterocycles. The lowest BCUT2D eigenvalue weighted by molar-refractivity contribution is 0.627. The molecule has 0 saturated carbocycles. The molecule has 0 aromatic carbocycles. The van der Waals surface area contributed by atoms with Crippen LogP contribution in [0.5, 0.6) is 0 Å². The molecule has 0 aliphatic rings. The molecule has 0 N–H and O–H groups in total. The molecule has 0 heterocycles. The monoisotopic (exact) mass is 484 g/mol. The molecule has 0 aliphatic carbocycles. The van der Waals surface area contributed by atoms with Crippen molar-refractivity contribution in [3.63, 3.8) is 0 Å². The summed E-state index contributed by atoms with van der Waals surface area (Å²) in [6, 6.07) is 0. The van der Waals surface area contributed by atoms with Crippen molar-refractivity contribution in [1.82, 2.24) is 0 Å². The summed E-state index contributed by atoms with van der Waals surface area (Å²) >= 11 is 5.80. The average Bonchev–Trinajstić information content (AvgIpc) is 2.78. The SMILES string of the molecule is CCCCCCCCSC#C/C(=C/SCCCCCCCC)SCCCCCCCC. The number of allylic oxidation sites excluding steroid dienone is 1. The third kappa shape index (κ3) is 26.5. The minimum atomic E-state index is 1.19. The number of hydrogen-bond donors (Lipinski definition) is 0. The fourth-order valence-electron chi connectivity index (χ4n) is 3.36. The molecule has 0 atom stereocenters. The van der Waals surface area contributed by atoms with E-state index in [1.807, 2.05) is 35.3 Å². The lowest BCUT2D eigenvalue weighted by atomic mass is 10.1. The Morgan fingerprint density at radius 3 is 1.55 bits per heavy atom. The molecule has 0 rings (SSSR count). The lowest BCUT2D eigenvalue weighted by Crippen LogP contribution is -1.84. The summed E-state index contributed by atoms with van der Waals surface area (Å²) in [5.74, 6) is 7.15. The van der Waals surface area contributed by atoms with Crippen molar-refractivity contribution >= 4 is 35.3 Å². The molecule has 0 aliphatic heterocycles. The van der Waals surface area contributed by atoms with Gasteiger partial charge in [-0.3, -0.25) is 0 Å². The van der Waals surface area contributed by atoms with Gasteiger partial charge < -0.3 is 0 Å². The van der Waals surface area contributed by atoms with Gasteiger partial charge in [0.15, 0.2) is 0 Å². The van der Waals surface area contributed by atoms with E-state index in [0.717, 1.165) is 0 Å². The van der Waals surface area contributed by atoms with E-state index in [9.17, 15) is 0 Å². The Labute approximate surface area is 209 Å². The fourth-order valence-corrected chi connectivity index (χ4v) is 5.92. The zero-order valence-corrected chi connectivity index (χ0v) is 23.6. The Balaban J connectivity index is 4.10. The van der Waals surface area contributed by atoms with Crippen molar-refractivity contribution in [3.8, 4) is 11.2 Å². The second-order valence-electron chi connectivity index (χ2n) is 8.58. The van der Waals surface area contributed by atoms with Crippen LogP contribution >= 0.6 is 35.3 Å². The molecule has 182 valence electrons. The van der Waals surface area contributed by atoms with E-state index < -0.39 is 0 Å². The molecule has 3 heteroatoms. The summed E-state index contributed by atoms with van der Waals surface area (Å²) in [7, 11) is 0. The van der Waals surface area contributed by atoms with Gasteiger partial charge in [-0.25, -0.2) is 0 Å². The van der Waals surface area contributed by atoms with Crippen LogP contribution in [0.1, 0.15) is 136 Å². The Bertz CT molecular complexity index is 433. The van der Waals surface area contributed by atoms with Crippen LogP contribution in [0.25, 0.3) is 0 Å². The van der Waals surface area contributed by atoms with E-state index in [4.69, 9.17) is 0 Å². The van der Waals surface area contributed by atoms with Crippen LogP contribution in [0, 0.1) is 11.2 Å². The van der Waals surface area contributed by atoms with Crippen LogP contribution in [0.4, 0.5) is 0 Å². The summed E-state index contributed by atoms with van der Waals surface area (Å²) in [5.41, 5.74) is 0. The molecule has 0 fully saturated rings. The maximum absolute atomic E-state index is 3.48. The standard InChI is InChI=1S/C28H52S3/c1-4-7-10-13-16-19-23-29-26-22-28(31-25-21-18-15-12-9-6-3)27-30-24-20-17-14-11-8-5-2/h27H,4-21,23-25H2,1-3H3/b28-27-. The molecule has 31 heavy (non-hydrogen) atoms.